The van der Waals surface area contributed by atoms with Crippen LogP contribution in [0.1, 0.15) is 40.0 Å². The van der Waals surface area contributed by atoms with Crippen molar-refractivity contribution < 1.29 is 0 Å². The van der Waals surface area contributed by atoms with Gasteiger partial charge >= 0.3 is 0 Å². The molecule has 1 fully saturated rings. The van der Waals surface area contributed by atoms with Gasteiger partial charge in [-0.15, -0.1) is 11.6 Å². The molecule has 0 aromatic carbocycles. The van der Waals surface area contributed by atoms with Crippen LogP contribution in [0.15, 0.2) is 0 Å². The Morgan fingerprint density at radius 1 is 1.45 bits per heavy atom. The fraction of sp³-hybridized carbons (Fsp3) is 1.00. The summed E-state index contributed by atoms with van der Waals surface area (Å²) in [6.45, 7) is 7.11. The Morgan fingerprint density at radius 2 is 2.09 bits per heavy atom. The topological polar surface area (TPSA) is 0 Å². The summed E-state index contributed by atoms with van der Waals surface area (Å²) in [4.78, 5) is 0. The fourth-order valence-electron chi connectivity index (χ4n) is 1.90. The summed E-state index contributed by atoms with van der Waals surface area (Å²) < 4.78 is 0. The molecule has 2 atom stereocenters. The van der Waals surface area contributed by atoms with E-state index in [1.165, 1.54) is 19.3 Å². The van der Waals surface area contributed by atoms with E-state index in [-0.39, 0.29) is 0 Å². The van der Waals surface area contributed by atoms with Crippen LogP contribution in [0.5, 0.6) is 0 Å². The molecule has 11 heavy (non-hydrogen) atoms. The third-order valence-corrected chi connectivity index (χ3v) is 3.87. The lowest BCUT2D eigenvalue weighted by Crippen LogP contribution is -2.30. The van der Waals surface area contributed by atoms with E-state index in [1.54, 1.807) is 0 Å². The molecule has 0 saturated heterocycles. The molecule has 0 nitrogen and oxygen atoms in total. The maximum atomic E-state index is 5.84. The first-order valence-electron chi connectivity index (χ1n) is 4.62. The zero-order valence-electron chi connectivity index (χ0n) is 7.86. The second-order valence-corrected chi connectivity index (χ2v) is 4.99. The molecular weight excluding hydrogens is 156 g/mol. The molecule has 0 N–H and O–H groups in total. The first kappa shape index (κ1) is 9.38. The predicted octanol–water partition coefficient (Wildman–Crippen LogP) is 3.69. The van der Waals surface area contributed by atoms with Crippen LogP contribution in [0.3, 0.4) is 0 Å². The van der Waals surface area contributed by atoms with E-state index in [2.05, 4.69) is 20.8 Å². The zero-order chi connectivity index (χ0) is 8.48. The van der Waals surface area contributed by atoms with Crippen molar-refractivity contribution in [3.63, 3.8) is 0 Å². The van der Waals surface area contributed by atoms with Crippen molar-refractivity contribution in [3.05, 3.63) is 0 Å². The van der Waals surface area contributed by atoms with Crippen LogP contribution in [0.4, 0.5) is 0 Å². The molecule has 1 saturated carbocycles. The van der Waals surface area contributed by atoms with Gasteiger partial charge in [0.25, 0.3) is 0 Å². The van der Waals surface area contributed by atoms with Gasteiger partial charge in [-0.05, 0) is 36.5 Å². The average Bonchev–Trinajstić information content (AvgIpc) is 1.95. The zero-order valence-corrected chi connectivity index (χ0v) is 8.62. The molecule has 1 rings (SSSR count). The minimum Gasteiger partial charge on any atom is -0.126 e. The second-order valence-electron chi connectivity index (χ2n) is 4.68. The van der Waals surface area contributed by atoms with Gasteiger partial charge < -0.3 is 0 Å². The highest BCUT2D eigenvalue weighted by Crippen LogP contribution is 2.42. The normalized spacial score (nSPS) is 37.1. The first-order chi connectivity index (χ1) is 5.06. The molecule has 0 aliphatic heterocycles. The molecule has 1 aliphatic carbocycles. The third kappa shape index (κ3) is 2.11. The summed E-state index contributed by atoms with van der Waals surface area (Å²) in [6.07, 6.45) is 4.02. The summed E-state index contributed by atoms with van der Waals surface area (Å²) in [5, 5.41) is 0. The van der Waals surface area contributed by atoms with Gasteiger partial charge in [-0.2, -0.15) is 0 Å². The molecule has 0 amide bonds. The minimum atomic E-state index is 0.558. The summed E-state index contributed by atoms with van der Waals surface area (Å²) in [6, 6.07) is 0. The molecule has 0 radical (unpaired) electrons. The van der Waals surface area contributed by atoms with Crippen molar-refractivity contribution in [2.24, 2.45) is 17.3 Å². The van der Waals surface area contributed by atoms with Crippen LogP contribution in [-0.4, -0.2) is 5.88 Å². The number of hydrogen-bond donors (Lipinski definition) is 0. The highest BCUT2D eigenvalue weighted by molar-refractivity contribution is 6.18. The molecule has 66 valence electrons. The molecule has 1 heteroatoms. The largest absolute Gasteiger partial charge is 0.126 e. The highest BCUT2D eigenvalue weighted by Gasteiger charge is 2.32. The van der Waals surface area contributed by atoms with Gasteiger partial charge in [0, 0.05) is 5.88 Å². The number of halogens is 1. The summed E-state index contributed by atoms with van der Waals surface area (Å²) in [7, 11) is 0. The predicted molar refractivity (Wildman–Crippen MR) is 51.0 cm³/mol. The van der Waals surface area contributed by atoms with Crippen molar-refractivity contribution in [2.75, 3.05) is 5.88 Å². The Balaban J connectivity index is 2.48. The smallest absolute Gasteiger partial charge is 0.0251 e. The lowest BCUT2D eigenvalue weighted by molar-refractivity contribution is 0.120. The van der Waals surface area contributed by atoms with Gasteiger partial charge in [0.1, 0.15) is 0 Å². The van der Waals surface area contributed by atoms with E-state index >= 15 is 0 Å². The number of rotatable bonds is 1. The Hall–Kier alpha value is 0.290. The summed E-state index contributed by atoms with van der Waals surface area (Å²) in [5.41, 5.74) is 0.558. The number of alkyl halides is 1. The lowest BCUT2D eigenvalue weighted by Gasteiger charge is -2.39. The molecule has 0 bridgehead atoms. The van der Waals surface area contributed by atoms with Gasteiger partial charge in [-0.25, -0.2) is 0 Å². The van der Waals surface area contributed by atoms with Crippen molar-refractivity contribution in [1.29, 1.82) is 0 Å². The molecule has 0 aromatic rings. The van der Waals surface area contributed by atoms with Crippen molar-refractivity contribution in [1.82, 2.24) is 0 Å². The lowest BCUT2D eigenvalue weighted by atomic mass is 9.67. The van der Waals surface area contributed by atoms with E-state index in [4.69, 9.17) is 11.6 Å². The van der Waals surface area contributed by atoms with Crippen LogP contribution in [0, 0.1) is 17.3 Å². The Kier molecular flexibility index (Phi) is 2.85. The molecule has 2 unspecified atom stereocenters. The van der Waals surface area contributed by atoms with Crippen molar-refractivity contribution in [3.8, 4) is 0 Å². The summed E-state index contributed by atoms with van der Waals surface area (Å²) >= 11 is 5.84. The maximum absolute atomic E-state index is 5.84. The fourth-order valence-corrected chi connectivity index (χ4v) is 2.18. The second kappa shape index (κ2) is 3.35. The van der Waals surface area contributed by atoms with Crippen LogP contribution < -0.4 is 0 Å². The van der Waals surface area contributed by atoms with Crippen LogP contribution in [-0.2, 0) is 0 Å². The van der Waals surface area contributed by atoms with Gasteiger partial charge in [0.15, 0.2) is 0 Å². The summed E-state index contributed by atoms with van der Waals surface area (Å²) in [5.74, 6) is 2.50. The Morgan fingerprint density at radius 3 is 2.55 bits per heavy atom. The van der Waals surface area contributed by atoms with Crippen LogP contribution >= 0.6 is 11.6 Å². The van der Waals surface area contributed by atoms with Gasteiger partial charge in [0.05, 0.1) is 0 Å². The van der Waals surface area contributed by atoms with E-state index in [0.29, 0.717) is 5.41 Å². The minimum absolute atomic E-state index is 0.558. The van der Waals surface area contributed by atoms with E-state index < -0.39 is 0 Å². The molecule has 0 heterocycles. The van der Waals surface area contributed by atoms with Gasteiger partial charge in [-0.3, -0.25) is 0 Å². The monoisotopic (exact) mass is 174 g/mol. The van der Waals surface area contributed by atoms with Crippen LogP contribution in [0.25, 0.3) is 0 Å². The highest BCUT2D eigenvalue weighted by atomic mass is 35.5. The van der Waals surface area contributed by atoms with Crippen molar-refractivity contribution >= 4 is 11.6 Å². The van der Waals surface area contributed by atoms with E-state index in [1.807, 2.05) is 0 Å². The first-order valence-corrected chi connectivity index (χ1v) is 5.15. The van der Waals surface area contributed by atoms with Gasteiger partial charge in [-0.1, -0.05) is 20.8 Å². The van der Waals surface area contributed by atoms with Gasteiger partial charge in [0.2, 0.25) is 0 Å². The van der Waals surface area contributed by atoms with Crippen molar-refractivity contribution in [2.45, 2.75) is 40.0 Å². The molecule has 1 aliphatic rings. The standard InChI is InChI=1S/C10H19Cl/c1-8-6-9(7-11)4-5-10(8,2)3/h8-9H,4-7H2,1-3H3. The Labute approximate surface area is 75.3 Å². The van der Waals surface area contributed by atoms with E-state index in [9.17, 15) is 0 Å². The van der Waals surface area contributed by atoms with Crippen LogP contribution in [0.2, 0.25) is 0 Å². The Bertz CT molecular complexity index is 129. The third-order valence-electron chi connectivity index (χ3n) is 3.44. The quantitative estimate of drug-likeness (QED) is 0.532. The molecular formula is C10H19Cl. The molecule has 0 aromatic heterocycles. The molecule has 0 spiro atoms. The maximum Gasteiger partial charge on any atom is 0.0251 e. The number of hydrogen-bond acceptors (Lipinski definition) is 0. The SMILES string of the molecule is CC1CC(CCl)CCC1(C)C. The van der Waals surface area contributed by atoms with E-state index in [0.717, 1.165) is 17.7 Å². The average molecular weight is 175 g/mol.